The minimum absolute atomic E-state index is 0.0155. The Labute approximate surface area is 106 Å². The lowest BCUT2D eigenvalue weighted by atomic mass is 10.0. The molecule has 6 heteroatoms. The minimum Gasteiger partial charge on any atom is -0.271 e. The first-order valence-corrected chi connectivity index (χ1v) is 6.02. The Hall–Kier alpha value is -1.37. The highest BCUT2D eigenvalue weighted by molar-refractivity contribution is 7.12. The molecular formula is C12H11F3N2S. The van der Waals surface area contributed by atoms with Crippen molar-refractivity contribution >= 4 is 11.3 Å². The Morgan fingerprint density at radius 1 is 1.11 bits per heavy atom. The summed E-state index contributed by atoms with van der Waals surface area (Å²) in [5.41, 5.74) is 2.40. The van der Waals surface area contributed by atoms with E-state index in [1.165, 1.54) is 17.4 Å². The molecule has 0 bridgehead atoms. The van der Waals surface area contributed by atoms with Crippen LogP contribution in [0.25, 0.3) is 0 Å². The maximum absolute atomic E-state index is 13.7. The van der Waals surface area contributed by atoms with Crippen molar-refractivity contribution in [2.75, 3.05) is 0 Å². The number of benzene rings is 1. The third-order valence-corrected chi connectivity index (χ3v) is 3.65. The predicted molar refractivity (Wildman–Crippen MR) is 64.5 cm³/mol. The van der Waals surface area contributed by atoms with Gasteiger partial charge in [-0.1, -0.05) is 6.07 Å². The summed E-state index contributed by atoms with van der Waals surface area (Å²) < 4.78 is 39.7. The van der Waals surface area contributed by atoms with E-state index < -0.39 is 23.5 Å². The Bertz CT molecular complexity index is 568. The molecule has 2 nitrogen and oxygen atoms in total. The van der Waals surface area contributed by atoms with Crippen molar-refractivity contribution in [1.82, 2.24) is 5.43 Å². The van der Waals surface area contributed by atoms with E-state index in [9.17, 15) is 13.2 Å². The molecule has 1 aromatic heterocycles. The molecule has 0 fully saturated rings. The van der Waals surface area contributed by atoms with Crippen LogP contribution in [0.2, 0.25) is 0 Å². The molecule has 2 aromatic rings. The molecule has 0 saturated carbocycles. The van der Waals surface area contributed by atoms with Gasteiger partial charge in [0.2, 0.25) is 0 Å². The van der Waals surface area contributed by atoms with E-state index in [-0.39, 0.29) is 5.56 Å². The van der Waals surface area contributed by atoms with Crippen LogP contribution in [-0.2, 0) is 0 Å². The molecule has 18 heavy (non-hydrogen) atoms. The number of halogens is 3. The Kier molecular flexibility index (Phi) is 3.70. The molecule has 0 aliphatic carbocycles. The zero-order valence-corrected chi connectivity index (χ0v) is 10.3. The van der Waals surface area contributed by atoms with Crippen LogP contribution in [0.4, 0.5) is 13.2 Å². The zero-order valence-electron chi connectivity index (χ0n) is 9.51. The van der Waals surface area contributed by atoms with Gasteiger partial charge >= 0.3 is 0 Å². The summed E-state index contributed by atoms with van der Waals surface area (Å²) >= 11 is 1.41. The molecule has 3 N–H and O–H groups in total. The van der Waals surface area contributed by atoms with E-state index in [0.29, 0.717) is 0 Å². The van der Waals surface area contributed by atoms with Crippen molar-refractivity contribution < 1.29 is 13.2 Å². The third kappa shape index (κ3) is 2.27. The van der Waals surface area contributed by atoms with E-state index in [2.05, 4.69) is 5.43 Å². The lowest BCUT2D eigenvalue weighted by molar-refractivity contribution is 0.434. The summed E-state index contributed by atoms with van der Waals surface area (Å²) in [7, 11) is 0. The summed E-state index contributed by atoms with van der Waals surface area (Å²) in [5.74, 6) is 1.46. The summed E-state index contributed by atoms with van der Waals surface area (Å²) in [6.07, 6.45) is 0. The number of thiophene rings is 1. The second kappa shape index (κ2) is 5.09. The molecule has 1 unspecified atom stereocenters. The van der Waals surface area contributed by atoms with Crippen LogP contribution < -0.4 is 11.3 Å². The topological polar surface area (TPSA) is 38.0 Å². The van der Waals surface area contributed by atoms with Crippen LogP contribution in [0.1, 0.15) is 21.4 Å². The van der Waals surface area contributed by atoms with Crippen molar-refractivity contribution in [2.45, 2.75) is 13.0 Å². The molecule has 0 aliphatic rings. The fourth-order valence-electron chi connectivity index (χ4n) is 1.70. The van der Waals surface area contributed by atoms with Crippen LogP contribution in [0.15, 0.2) is 24.3 Å². The first-order valence-electron chi connectivity index (χ1n) is 5.20. The number of aryl methyl sites for hydroxylation is 1. The lowest BCUT2D eigenvalue weighted by Gasteiger charge is -2.15. The van der Waals surface area contributed by atoms with Gasteiger partial charge < -0.3 is 0 Å². The standard InChI is InChI=1S/C12H11F3N2S/c1-6-2-5-9(18-6)12(17-16)7-3-4-8(13)11(15)10(7)14/h2-5,12,17H,16H2,1H3. The van der Waals surface area contributed by atoms with Crippen LogP contribution in [0, 0.1) is 24.4 Å². The van der Waals surface area contributed by atoms with Gasteiger partial charge in [0.05, 0.1) is 6.04 Å². The molecule has 0 aliphatic heterocycles. The summed E-state index contributed by atoms with van der Waals surface area (Å²) in [6, 6.07) is 5.00. The maximum Gasteiger partial charge on any atom is 0.194 e. The van der Waals surface area contributed by atoms with Gasteiger partial charge in [-0.2, -0.15) is 0 Å². The SMILES string of the molecule is Cc1ccc(C(NN)c2ccc(F)c(F)c2F)s1. The highest BCUT2D eigenvalue weighted by Crippen LogP contribution is 2.30. The number of nitrogens with one attached hydrogen (secondary N) is 1. The van der Waals surface area contributed by atoms with Gasteiger partial charge in [-0.3, -0.25) is 5.84 Å². The monoisotopic (exact) mass is 272 g/mol. The molecule has 1 heterocycles. The number of hydrogen-bond acceptors (Lipinski definition) is 3. The average molecular weight is 272 g/mol. The van der Waals surface area contributed by atoms with Gasteiger partial charge in [0, 0.05) is 15.3 Å². The van der Waals surface area contributed by atoms with Crippen LogP contribution in [-0.4, -0.2) is 0 Å². The molecule has 2 rings (SSSR count). The molecule has 96 valence electrons. The second-order valence-corrected chi connectivity index (χ2v) is 5.13. The first-order chi connectivity index (χ1) is 8.54. The van der Waals surface area contributed by atoms with Crippen molar-refractivity contribution in [3.63, 3.8) is 0 Å². The lowest BCUT2D eigenvalue weighted by Crippen LogP contribution is -2.29. The van der Waals surface area contributed by atoms with Crippen molar-refractivity contribution in [3.8, 4) is 0 Å². The van der Waals surface area contributed by atoms with E-state index in [1.54, 1.807) is 6.07 Å². The average Bonchev–Trinajstić information content (AvgIpc) is 2.77. The maximum atomic E-state index is 13.7. The van der Waals surface area contributed by atoms with Crippen molar-refractivity contribution in [3.05, 3.63) is 57.0 Å². The second-order valence-electron chi connectivity index (χ2n) is 3.81. The fraction of sp³-hybridized carbons (Fsp3) is 0.167. The molecular weight excluding hydrogens is 261 g/mol. The summed E-state index contributed by atoms with van der Waals surface area (Å²) in [6.45, 7) is 1.89. The summed E-state index contributed by atoms with van der Waals surface area (Å²) in [5, 5.41) is 0. The Balaban J connectivity index is 2.49. The largest absolute Gasteiger partial charge is 0.271 e. The quantitative estimate of drug-likeness (QED) is 0.512. The molecule has 0 amide bonds. The molecule has 1 atom stereocenters. The van der Waals surface area contributed by atoms with E-state index in [0.717, 1.165) is 15.8 Å². The minimum atomic E-state index is -1.49. The van der Waals surface area contributed by atoms with Gasteiger partial charge in [0.25, 0.3) is 0 Å². The molecule has 0 radical (unpaired) electrons. The smallest absolute Gasteiger partial charge is 0.194 e. The Morgan fingerprint density at radius 2 is 1.83 bits per heavy atom. The number of rotatable bonds is 3. The normalized spacial score (nSPS) is 12.7. The zero-order chi connectivity index (χ0) is 13.3. The van der Waals surface area contributed by atoms with Gasteiger partial charge in [-0.05, 0) is 25.1 Å². The predicted octanol–water partition coefficient (Wildman–Crippen LogP) is 3.03. The van der Waals surface area contributed by atoms with E-state index in [1.807, 2.05) is 13.0 Å². The van der Waals surface area contributed by atoms with Gasteiger partial charge in [-0.15, -0.1) is 11.3 Å². The Morgan fingerprint density at radius 3 is 2.39 bits per heavy atom. The van der Waals surface area contributed by atoms with Crippen LogP contribution in [0.5, 0.6) is 0 Å². The number of hydrogen-bond donors (Lipinski definition) is 2. The molecule has 0 spiro atoms. The third-order valence-electron chi connectivity index (χ3n) is 2.59. The number of hydrazine groups is 1. The van der Waals surface area contributed by atoms with Gasteiger partial charge in [-0.25, -0.2) is 18.6 Å². The highest BCUT2D eigenvalue weighted by atomic mass is 32.1. The van der Waals surface area contributed by atoms with E-state index >= 15 is 0 Å². The number of nitrogens with two attached hydrogens (primary N) is 1. The van der Waals surface area contributed by atoms with Gasteiger partial charge in [0.15, 0.2) is 17.5 Å². The molecule has 1 aromatic carbocycles. The summed E-state index contributed by atoms with van der Waals surface area (Å²) in [4.78, 5) is 1.76. The van der Waals surface area contributed by atoms with Crippen molar-refractivity contribution in [2.24, 2.45) is 5.84 Å². The highest BCUT2D eigenvalue weighted by Gasteiger charge is 2.22. The fourth-order valence-corrected chi connectivity index (χ4v) is 2.65. The van der Waals surface area contributed by atoms with Crippen LogP contribution >= 0.6 is 11.3 Å². The van der Waals surface area contributed by atoms with Gasteiger partial charge in [0.1, 0.15) is 0 Å². The molecule has 0 saturated heterocycles. The first kappa shape index (κ1) is 13.1. The van der Waals surface area contributed by atoms with Crippen molar-refractivity contribution in [1.29, 1.82) is 0 Å². The van der Waals surface area contributed by atoms with Crippen LogP contribution in [0.3, 0.4) is 0 Å². The van der Waals surface area contributed by atoms with E-state index in [4.69, 9.17) is 5.84 Å².